The minimum atomic E-state index is -0.383. The maximum Gasteiger partial charge on any atom is 0.270 e. The van der Waals surface area contributed by atoms with Gasteiger partial charge in [-0.1, -0.05) is 31.0 Å². The first-order chi connectivity index (χ1) is 13.1. The molecule has 1 amide bonds. The summed E-state index contributed by atoms with van der Waals surface area (Å²) in [6.07, 6.45) is 5.66. The lowest BCUT2D eigenvalue weighted by Crippen LogP contribution is -2.52. The van der Waals surface area contributed by atoms with Gasteiger partial charge in [0, 0.05) is 38.6 Å². The third kappa shape index (κ3) is 3.76. The van der Waals surface area contributed by atoms with E-state index in [9.17, 15) is 9.59 Å². The maximum absolute atomic E-state index is 13.0. The summed E-state index contributed by atoms with van der Waals surface area (Å²) in [4.78, 5) is 29.6. The average Bonchev–Trinajstić information content (AvgIpc) is 3.38. The number of amides is 1. The van der Waals surface area contributed by atoms with Crippen molar-refractivity contribution in [1.82, 2.24) is 9.80 Å². The number of nitrogens with zero attached hydrogens (tertiary/aromatic N) is 4. The van der Waals surface area contributed by atoms with Crippen LogP contribution in [0.4, 0.5) is 5.69 Å². The van der Waals surface area contributed by atoms with Gasteiger partial charge in [-0.25, -0.2) is 0 Å². The molecule has 0 aromatic heterocycles. The minimum absolute atomic E-state index is 0.00856. The number of para-hydroxylation sites is 1. The van der Waals surface area contributed by atoms with Gasteiger partial charge in [0.1, 0.15) is 11.8 Å². The van der Waals surface area contributed by atoms with Gasteiger partial charge in [0.15, 0.2) is 5.78 Å². The molecule has 2 heterocycles. The predicted octanol–water partition coefficient (Wildman–Crippen LogP) is 2.30. The fourth-order valence-corrected chi connectivity index (χ4v) is 4.52. The second-order valence-electron chi connectivity index (χ2n) is 7.82. The smallest absolute Gasteiger partial charge is 0.270 e. The number of benzene rings is 1. The Kier molecular flexibility index (Phi) is 5.25. The van der Waals surface area contributed by atoms with Crippen LogP contribution in [0.25, 0.3) is 0 Å². The highest BCUT2D eigenvalue weighted by atomic mass is 16.2. The predicted molar refractivity (Wildman–Crippen MR) is 106 cm³/mol. The minimum Gasteiger partial charge on any atom is -0.335 e. The van der Waals surface area contributed by atoms with E-state index in [-0.39, 0.29) is 17.7 Å². The monoisotopic (exact) mass is 368 g/mol. The van der Waals surface area contributed by atoms with E-state index >= 15 is 0 Å². The third-order valence-electron chi connectivity index (χ3n) is 6.09. The van der Waals surface area contributed by atoms with Crippen molar-refractivity contribution in [1.29, 1.82) is 0 Å². The van der Waals surface area contributed by atoms with Crippen molar-refractivity contribution in [3.63, 3.8) is 0 Å². The van der Waals surface area contributed by atoms with Gasteiger partial charge in [-0.3, -0.25) is 19.5 Å². The number of hydrogen-bond acceptors (Lipinski definition) is 5. The molecule has 1 atom stereocenters. The van der Waals surface area contributed by atoms with Crippen LogP contribution in [0.2, 0.25) is 0 Å². The zero-order valence-corrected chi connectivity index (χ0v) is 16.0. The molecule has 1 aromatic carbocycles. The van der Waals surface area contributed by atoms with Gasteiger partial charge in [0.25, 0.3) is 5.91 Å². The first-order valence-electron chi connectivity index (χ1n) is 10.1. The van der Waals surface area contributed by atoms with Crippen LogP contribution >= 0.6 is 0 Å². The van der Waals surface area contributed by atoms with Gasteiger partial charge in [0.05, 0.1) is 5.69 Å². The second kappa shape index (κ2) is 7.80. The number of carbonyl (C=O) groups is 2. The number of Topliss-reactive ketones (excluding diaryl/α,β-unsaturated/α-hetero) is 1. The molecule has 0 spiro atoms. The summed E-state index contributed by atoms with van der Waals surface area (Å²) in [6.45, 7) is 4.98. The Balaban J connectivity index is 1.43. The molecule has 144 valence electrons. The van der Waals surface area contributed by atoms with E-state index in [2.05, 4.69) is 10.0 Å². The zero-order chi connectivity index (χ0) is 18.8. The van der Waals surface area contributed by atoms with E-state index in [1.165, 1.54) is 25.7 Å². The van der Waals surface area contributed by atoms with Crippen molar-refractivity contribution >= 4 is 23.1 Å². The van der Waals surface area contributed by atoms with Crippen LogP contribution in [0.15, 0.2) is 35.4 Å². The van der Waals surface area contributed by atoms with Gasteiger partial charge < -0.3 is 4.90 Å². The van der Waals surface area contributed by atoms with Gasteiger partial charge in [-0.15, -0.1) is 0 Å². The molecular formula is C21H28N4O2. The zero-order valence-electron chi connectivity index (χ0n) is 16.0. The quantitative estimate of drug-likeness (QED) is 0.818. The molecule has 0 radical (unpaired) electrons. The second-order valence-corrected chi connectivity index (χ2v) is 7.82. The number of piperazine rings is 1. The number of hydrazone groups is 1. The molecule has 4 rings (SSSR count). The fourth-order valence-electron chi connectivity index (χ4n) is 4.52. The highest BCUT2D eigenvalue weighted by Crippen LogP contribution is 2.27. The largest absolute Gasteiger partial charge is 0.335 e. The number of ketones is 1. The van der Waals surface area contributed by atoms with E-state index in [0.29, 0.717) is 18.2 Å². The lowest BCUT2D eigenvalue weighted by Gasteiger charge is -2.38. The van der Waals surface area contributed by atoms with Crippen molar-refractivity contribution in [2.24, 2.45) is 5.10 Å². The number of rotatable bonds is 4. The van der Waals surface area contributed by atoms with E-state index in [1.54, 1.807) is 11.9 Å². The van der Waals surface area contributed by atoms with Gasteiger partial charge >= 0.3 is 0 Å². The molecule has 0 N–H and O–H groups in total. The Labute approximate surface area is 160 Å². The van der Waals surface area contributed by atoms with Crippen molar-refractivity contribution in [3.8, 4) is 0 Å². The molecule has 1 saturated carbocycles. The van der Waals surface area contributed by atoms with Crippen LogP contribution < -0.4 is 5.01 Å². The van der Waals surface area contributed by atoms with E-state index in [0.717, 1.165) is 31.9 Å². The van der Waals surface area contributed by atoms with Gasteiger partial charge in [0.2, 0.25) is 0 Å². The number of hydrogen-bond donors (Lipinski definition) is 0. The van der Waals surface area contributed by atoms with E-state index in [4.69, 9.17) is 0 Å². The maximum atomic E-state index is 13.0. The Morgan fingerprint density at radius 1 is 1.00 bits per heavy atom. The Morgan fingerprint density at radius 3 is 2.30 bits per heavy atom. The molecule has 6 heteroatoms. The highest BCUT2D eigenvalue weighted by molar-refractivity contribution is 6.40. The topological polar surface area (TPSA) is 56.2 Å². The fraction of sp³-hybridized carbons (Fsp3) is 0.571. The summed E-state index contributed by atoms with van der Waals surface area (Å²) in [5.41, 5.74) is 1.36. The normalized spacial score (nSPS) is 24.3. The SMILES string of the molecule is CC(=O)C1CC(C(=O)N2CCN(C3CCCC3)CC2)=NN1c1ccccc1. The van der Waals surface area contributed by atoms with Crippen LogP contribution in [-0.2, 0) is 9.59 Å². The third-order valence-corrected chi connectivity index (χ3v) is 6.09. The summed E-state index contributed by atoms with van der Waals surface area (Å²) in [6, 6.07) is 9.95. The molecule has 6 nitrogen and oxygen atoms in total. The summed E-state index contributed by atoms with van der Waals surface area (Å²) in [5.74, 6) is 0.0298. The average molecular weight is 368 g/mol. The first-order valence-corrected chi connectivity index (χ1v) is 10.1. The van der Waals surface area contributed by atoms with Crippen LogP contribution in [0.1, 0.15) is 39.0 Å². The van der Waals surface area contributed by atoms with E-state index < -0.39 is 0 Å². The summed E-state index contributed by atoms with van der Waals surface area (Å²) >= 11 is 0. The molecule has 0 bridgehead atoms. The van der Waals surface area contributed by atoms with Crippen molar-refractivity contribution < 1.29 is 9.59 Å². The van der Waals surface area contributed by atoms with Crippen LogP contribution in [0.3, 0.4) is 0 Å². The molecule has 1 saturated heterocycles. The molecule has 1 unspecified atom stereocenters. The summed E-state index contributed by atoms with van der Waals surface area (Å²) in [7, 11) is 0. The molecule has 1 aliphatic carbocycles. The molecular weight excluding hydrogens is 340 g/mol. The van der Waals surface area contributed by atoms with E-state index in [1.807, 2.05) is 35.2 Å². The Hall–Kier alpha value is -2.21. The number of anilines is 1. The van der Waals surface area contributed by atoms with Crippen molar-refractivity contribution in [3.05, 3.63) is 30.3 Å². The van der Waals surface area contributed by atoms with Gasteiger partial charge in [-0.05, 0) is 31.9 Å². The van der Waals surface area contributed by atoms with Crippen molar-refractivity contribution in [2.45, 2.75) is 51.1 Å². The first kappa shape index (κ1) is 18.2. The van der Waals surface area contributed by atoms with Crippen LogP contribution in [0, 0.1) is 0 Å². The van der Waals surface area contributed by atoms with Gasteiger partial charge in [-0.2, -0.15) is 5.10 Å². The Morgan fingerprint density at radius 2 is 1.67 bits per heavy atom. The van der Waals surface area contributed by atoms with Crippen LogP contribution in [0.5, 0.6) is 0 Å². The molecule has 2 aliphatic heterocycles. The highest BCUT2D eigenvalue weighted by Gasteiger charge is 2.37. The lowest BCUT2D eigenvalue weighted by atomic mass is 10.1. The molecule has 1 aromatic rings. The standard InChI is InChI=1S/C21H28N4O2/c1-16(26)20-15-19(22-25(20)18-9-3-2-4-10-18)21(27)24-13-11-23(12-14-24)17-7-5-6-8-17/h2-4,9-10,17,20H,5-8,11-15H2,1H3. The van der Waals surface area contributed by atoms with Crippen molar-refractivity contribution in [2.75, 3.05) is 31.2 Å². The molecule has 2 fully saturated rings. The van der Waals surface area contributed by atoms with Crippen LogP contribution in [-0.4, -0.2) is 65.5 Å². The Bertz CT molecular complexity index is 719. The molecule has 27 heavy (non-hydrogen) atoms. The lowest BCUT2D eigenvalue weighted by molar-refractivity contribution is -0.126. The number of carbonyl (C=O) groups excluding carboxylic acids is 2. The summed E-state index contributed by atoms with van der Waals surface area (Å²) in [5, 5.41) is 6.27. The summed E-state index contributed by atoms with van der Waals surface area (Å²) < 4.78 is 0. The molecule has 3 aliphatic rings.